The lowest BCUT2D eigenvalue weighted by atomic mass is 9.87. The van der Waals surface area contributed by atoms with E-state index in [1.165, 1.54) is 0 Å². The summed E-state index contributed by atoms with van der Waals surface area (Å²) in [6.07, 6.45) is -3.93. The number of amides is 1. The third kappa shape index (κ3) is 2.91. The lowest BCUT2D eigenvalue weighted by molar-refractivity contribution is -0.202. The number of ketones is 1. The van der Waals surface area contributed by atoms with E-state index >= 15 is 0 Å². The highest BCUT2D eigenvalue weighted by atomic mass is 19.4. The number of hydrogen-bond donors (Lipinski definition) is 2. The minimum absolute atomic E-state index is 0.109. The zero-order chi connectivity index (χ0) is 15.8. The minimum atomic E-state index is -4.63. The monoisotopic (exact) mass is 303 g/mol. The van der Waals surface area contributed by atoms with Gasteiger partial charge in [0.15, 0.2) is 11.4 Å². The fourth-order valence-corrected chi connectivity index (χ4v) is 2.67. The van der Waals surface area contributed by atoms with Crippen LogP contribution in [0.4, 0.5) is 13.2 Å². The normalized spacial score (nSPS) is 25.6. The average molecular weight is 303 g/mol. The van der Waals surface area contributed by atoms with Crippen LogP contribution in [0.25, 0.3) is 0 Å². The summed E-state index contributed by atoms with van der Waals surface area (Å²) >= 11 is 0. The molecule has 0 aliphatic carbocycles. The van der Waals surface area contributed by atoms with Crippen LogP contribution < -0.4 is 10.6 Å². The highest BCUT2D eigenvalue weighted by Gasteiger charge is 2.58. The number of nitrogens with one attached hydrogen (secondary N) is 2. The van der Waals surface area contributed by atoms with Crippen LogP contribution in [0.3, 0.4) is 0 Å². The predicted molar refractivity (Wildman–Crippen MR) is 69.8 cm³/mol. The lowest BCUT2D eigenvalue weighted by Crippen LogP contribution is -2.62. The first-order chi connectivity index (χ1) is 9.66. The van der Waals surface area contributed by atoms with Gasteiger partial charge in [0.05, 0.1) is 0 Å². The highest BCUT2D eigenvalue weighted by Crippen LogP contribution is 2.34. The van der Waals surface area contributed by atoms with Gasteiger partial charge in [-0.2, -0.15) is 13.2 Å². The summed E-state index contributed by atoms with van der Waals surface area (Å²) < 4.78 is 39.6. The molecule has 1 saturated heterocycles. The van der Waals surface area contributed by atoms with Gasteiger partial charge in [0.1, 0.15) is 5.92 Å². The number of dihydropyridines is 1. The Labute approximate surface area is 119 Å². The van der Waals surface area contributed by atoms with Gasteiger partial charge in [-0.1, -0.05) is 5.57 Å². The van der Waals surface area contributed by atoms with Crippen molar-refractivity contribution < 1.29 is 22.8 Å². The molecular formula is C13H16F3N3O2. The summed E-state index contributed by atoms with van der Waals surface area (Å²) in [5, 5.41) is 4.59. The van der Waals surface area contributed by atoms with Crippen molar-refractivity contribution in [2.45, 2.75) is 32.1 Å². The van der Waals surface area contributed by atoms with Crippen molar-refractivity contribution >= 4 is 17.4 Å². The molecule has 0 spiro atoms. The van der Waals surface area contributed by atoms with E-state index in [-0.39, 0.29) is 13.1 Å². The van der Waals surface area contributed by atoms with Crippen molar-refractivity contribution in [2.75, 3.05) is 13.1 Å². The SMILES string of the molecule is CC1=CC(C)=NC(=O)C1C(=O)CC1(C(F)(F)F)NCCN1. The Morgan fingerprint density at radius 3 is 2.43 bits per heavy atom. The first kappa shape index (κ1) is 15.8. The van der Waals surface area contributed by atoms with Crippen LogP contribution in [0, 0.1) is 5.92 Å². The van der Waals surface area contributed by atoms with Gasteiger partial charge < -0.3 is 0 Å². The van der Waals surface area contributed by atoms with Crippen LogP contribution in [0.15, 0.2) is 16.6 Å². The Bertz CT molecular complexity index is 531. The summed E-state index contributed by atoms with van der Waals surface area (Å²) in [4.78, 5) is 27.7. The number of hydrogen-bond acceptors (Lipinski definition) is 4. The van der Waals surface area contributed by atoms with Crippen molar-refractivity contribution in [3.8, 4) is 0 Å². The Hall–Kier alpha value is -1.54. The molecule has 1 atom stereocenters. The summed E-state index contributed by atoms with van der Waals surface area (Å²) in [6.45, 7) is 3.36. The molecule has 2 N–H and O–H groups in total. The number of Topliss-reactive ketones (excluding diaryl/α,β-unsaturated/α-hetero) is 1. The second-order valence-corrected chi connectivity index (χ2v) is 5.31. The van der Waals surface area contributed by atoms with Gasteiger partial charge in [-0.15, -0.1) is 0 Å². The van der Waals surface area contributed by atoms with Crippen LogP contribution in [-0.2, 0) is 9.59 Å². The second-order valence-electron chi connectivity index (χ2n) is 5.31. The van der Waals surface area contributed by atoms with Crippen LogP contribution in [0.5, 0.6) is 0 Å². The van der Waals surface area contributed by atoms with Crippen LogP contribution in [0.1, 0.15) is 20.3 Å². The molecule has 2 rings (SSSR count). The maximum atomic E-state index is 13.2. The molecule has 5 nitrogen and oxygen atoms in total. The fraction of sp³-hybridized carbons (Fsp3) is 0.615. The molecule has 1 fully saturated rings. The van der Waals surface area contributed by atoms with Crippen LogP contribution >= 0.6 is 0 Å². The number of halogens is 3. The molecule has 1 unspecified atom stereocenters. The number of carbonyl (C=O) groups is 2. The minimum Gasteiger partial charge on any atom is -0.298 e. The summed E-state index contributed by atoms with van der Waals surface area (Å²) in [7, 11) is 0. The average Bonchev–Trinajstić information content (AvgIpc) is 2.76. The third-order valence-electron chi connectivity index (χ3n) is 3.65. The quantitative estimate of drug-likeness (QED) is 0.762. The molecule has 0 aromatic rings. The van der Waals surface area contributed by atoms with Gasteiger partial charge in [-0.3, -0.25) is 20.2 Å². The van der Waals surface area contributed by atoms with Gasteiger partial charge in [-0.25, -0.2) is 4.99 Å². The molecule has 0 saturated carbocycles. The van der Waals surface area contributed by atoms with Crippen LogP contribution in [0.2, 0.25) is 0 Å². The van der Waals surface area contributed by atoms with Gasteiger partial charge in [-0.05, 0) is 19.9 Å². The fourth-order valence-electron chi connectivity index (χ4n) is 2.67. The summed E-state index contributed by atoms with van der Waals surface area (Å²) in [6, 6.07) is 0. The molecule has 21 heavy (non-hydrogen) atoms. The van der Waals surface area contributed by atoms with Crippen molar-refractivity contribution in [3.63, 3.8) is 0 Å². The summed E-state index contributed by atoms with van der Waals surface area (Å²) in [5.74, 6) is -2.71. The van der Waals surface area contributed by atoms with Crippen molar-refractivity contribution in [3.05, 3.63) is 11.6 Å². The molecule has 2 heterocycles. The molecule has 1 amide bonds. The maximum Gasteiger partial charge on any atom is 0.420 e. The molecule has 2 aliphatic heterocycles. The number of nitrogens with zero attached hydrogens (tertiary/aromatic N) is 1. The highest BCUT2D eigenvalue weighted by molar-refractivity contribution is 6.14. The second kappa shape index (κ2) is 5.34. The summed E-state index contributed by atoms with van der Waals surface area (Å²) in [5.41, 5.74) is -1.59. The molecule has 2 aliphatic rings. The maximum absolute atomic E-state index is 13.2. The van der Waals surface area contributed by atoms with Gasteiger partial charge in [0.2, 0.25) is 0 Å². The van der Waals surface area contributed by atoms with E-state index < -0.39 is 35.9 Å². The molecule has 0 radical (unpaired) electrons. The Balaban J connectivity index is 2.22. The number of carbonyl (C=O) groups excluding carboxylic acids is 2. The number of rotatable bonds is 3. The first-order valence-corrected chi connectivity index (χ1v) is 6.53. The molecule has 8 heteroatoms. The molecule has 0 bridgehead atoms. The van der Waals surface area contributed by atoms with E-state index in [0.717, 1.165) is 0 Å². The molecular weight excluding hydrogens is 287 g/mol. The van der Waals surface area contributed by atoms with Gasteiger partial charge in [0, 0.05) is 25.2 Å². The zero-order valence-corrected chi connectivity index (χ0v) is 11.7. The van der Waals surface area contributed by atoms with Crippen molar-refractivity contribution in [1.29, 1.82) is 0 Å². The van der Waals surface area contributed by atoms with E-state index in [1.807, 2.05) is 0 Å². The molecule has 116 valence electrons. The third-order valence-corrected chi connectivity index (χ3v) is 3.65. The number of aliphatic imine (C=N–C) groups is 1. The van der Waals surface area contributed by atoms with Gasteiger partial charge in [0.25, 0.3) is 5.91 Å². The lowest BCUT2D eigenvalue weighted by Gasteiger charge is -2.32. The standard InChI is InChI=1S/C13H16F3N3O2/c1-7-5-8(2)19-11(21)10(7)9(20)6-12(13(14,15)16)17-3-4-18-12/h5,10,17-18H,3-4,6H2,1-2H3. The first-order valence-electron chi connectivity index (χ1n) is 6.53. The van der Waals surface area contributed by atoms with Crippen molar-refractivity contribution in [1.82, 2.24) is 10.6 Å². The largest absolute Gasteiger partial charge is 0.420 e. The number of alkyl halides is 3. The Kier molecular flexibility index (Phi) is 4.03. The number of allylic oxidation sites excluding steroid dienone is 1. The van der Waals surface area contributed by atoms with E-state index in [4.69, 9.17) is 0 Å². The van der Waals surface area contributed by atoms with E-state index in [2.05, 4.69) is 15.6 Å². The van der Waals surface area contributed by atoms with E-state index in [1.54, 1.807) is 19.9 Å². The van der Waals surface area contributed by atoms with Crippen LogP contribution in [-0.4, -0.2) is 42.3 Å². The van der Waals surface area contributed by atoms with E-state index in [0.29, 0.717) is 11.3 Å². The smallest absolute Gasteiger partial charge is 0.298 e. The van der Waals surface area contributed by atoms with Crippen molar-refractivity contribution in [2.24, 2.45) is 10.9 Å². The Morgan fingerprint density at radius 2 is 1.95 bits per heavy atom. The predicted octanol–water partition coefficient (Wildman–Crippen LogP) is 0.961. The van der Waals surface area contributed by atoms with Gasteiger partial charge >= 0.3 is 6.18 Å². The zero-order valence-electron chi connectivity index (χ0n) is 11.7. The Morgan fingerprint density at radius 1 is 1.38 bits per heavy atom. The molecule has 0 aromatic heterocycles. The van der Waals surface area contributed by atoms with E-state index in [9.17, 15) is 22.8 Å². The topological polar surface area (TPSA) is 70.6 Å². The molecule has 0 aromatic carbocycles.